The Morgan fingerprint density at radius 3 is 0.790 bits per heavy atom. The van der Waals surface area contributed by atoms with E-state index in [1.165, 1.54) is 116 Å². The van der Waals surface area contributed by atoms with Gasteiger partial charge in [-0.05, 0) is 60.8 Å². The highest BCUT2D eigenvalue weighted by Gasteiger charge is 2.38. The lowest BCUT2D eigenvalue weighted by molar-refractivity contribution is 0.0686. The van der Waals surface area contributed by atoms with Gasteiger partial charge in [0.2, 0.25) is 0 Å². The van der Waals surface area contributed by atoms with Gasteiger partial charge in [-0.3, -0.25) is 9.59 Å². The standard InChI is InChI=1S/C53H96N2O7/c1-10-13-16-19-22-25-28-31-34-37-40-60-46-43(49(56)54-52(4,5)6)47(61-41-38-35-32-29-26-23-20-17-14-11-2)45(51(58)59)48(44(46)50(57)55-53(7,8)9)62-42-39-36-33-30-27-24-21-18-15-12-3/h10-42H2,1-9H3,(H,54,56)(H,55,57)(H,58,59). The number of benzene rings is 1. The average Bonchev–Trinajstić information content (AvgIpc) is 3.19. The highest BCUT2D eigenvalue weighted by atomic mass is 16.5. The van der Waals surface area contributed by atoms with Gasteiger partial charge >= 0.3 is 5.97 Å². The Balaban J connectivity index is 3.57. The van der Waals surface area contributed by atoms with Gasteiger partial charge in [-0.1, -0.05) is 194 Å². The molecule has 9 nitrogen and oxygen atoms in total. The fourth-order valence-corrected chi connectivity index (χ4v) is 7.82. The molecule has 0 aromatic heterocycles. The van der Waals surface area contributed by atoms with Crippen molar-refractivity contribution >= 4 is 17.8 Å². The first-order valence-corrected chi connectivity index (χ1v) is 25.7. The van der Waals surface area contributed by atoms with Gasteiger partial charge in [-0.25, -0.2) is 4.79 Å². The molecule has 0 saturated heterocycles. The Morgan fingerprint density at radius 1 is 0.371 bits per heavy atom. The Morgan fingerprint density at radius 2 is 0.581 bits per heavy atom. The maximum absolute atomic E-state index is 14.5. The number of carbonyl (C=O) groups excluding carboxylic acids is 2. The maximum atomic E-state index is 14.5. The van der Waals surface area contributed by atoms with Crippen LogP contribution < -0.4 is 24.8 Å². The van der Waals surface area contributed by atoms with Gasteiger partial charge < -0.3 is 30.0 Å². The van der Waals surface area contributed by atoms with Crippen molar-refractivity contribution in [1.29, 1.82) is 0 Å². The Kier molecular flexibility index (Phi) is 31.7. The van der Waals surface area contributed by atoms with E-state index in [4.69, 9.17) is 14.2 Å². The lowest BCUT2D eigenvalue weighted by Gasteiger charge is -2.28. The van der Waals surface area contributed by atoms with Crippen LogP contribution in [0, 0.1) is 0 Å². The van der Waals surface area contributed by atoms with Gasteiger partial charge in [-0.2, -0.15) is 0 Å². The van der Waals surface area contributed by atoms with Crippen molar-refractivity contribution < 1.29 is 33.7 Å². The first-order chi connectivity index (χ1) is 29.7. The van der Waals surface area contributed by atoms with Crippen LogP contribution in [0.2, 0.25) is 0 Å². The molecule has 62 heavy (non-hydrogen) atoms. The van der Waals surface area contributed by atoms with Crippen molar-refractivity contribution in [2.45, 2.75) is 266 Å². The minimum absolute atomic E-state index is 0.0190. The van der Waals surface area contributed by atoms with Crippen molar-refractivity contribution in [1.82, 2.24) is 10.6 Å². The van der Waals surface area contributed by atoms with Crippen molar-refractivity contribution in [3.05, 3.63) is 16.7 Å². The molecule has 360 valence electrons. The first kappa shape index (κ1) is 57.0. The number of hydrogen-bond acceptors (Lipinski definition) is 6. The Hall–Kier alpha value is -2.97. The zero-order chi connectivity index (χ0) is 46.1. The summed E-state index contributed by atoms with van der Waals surface area (Å²) in [7, 11) is 0. The lowest BCUT2D eigenvalue weighted by atomic mass is 9.96. The number of carboxylic acids is 1. The highest BCUT2D eigenvalue weighted by Crippen LogP contribution is 2.45. The van der Waals surface area contributed by atoms with Gasteiger partial charge in [0.15, 0.2) is 17.2 Å². The number of ether oxygens (including phenoxy) is 3. The number of nitrogens with one attached hydrogen (secondary N) is 2. The number of carboxylic acid groups (broad SMARTS) is 1. The van der Waals surface area contributed by atoms with Crippen molar-refractivity contribution in [2.75, 3.05) is 19.8 Å². The van der Waals surface area contributed by atoms with Gasteiger partial charge in [0, 0.05) is 11.1 Å². The molecule has 1 aromatic carbocycles. The van der Waals surface area contributed by atoms with E-state index in [0.29, 0.717) is 12.8 Å². The molecule has 0 atom stereocenters. The third-order valence-electron chi connectivity index (χ3n) is 11.2. The van der Waals surface area contributed by atoms with Gasteiger partial charge in [0.1, 0.15) is 16.7 Å². The summed E-state index contributed by atoms with van der Waals surface area (Å²) in [6, 6.07) is 0. The molecule has 1 aromatic rings. The normalized spacial score (nSPS) is 11.8. The molecular formula is C53H96N2O7. The van der Waals surface area contributed by atoms with E-state index in [1.807, 2.05) is 41.5 Å². The summed E-state index contributed by atoms with van der Waals surface area (Å²) in [4.78, 5) is 42.4. The van der Waals surface area contributed by atoms with E-state index in [-0.39, 0.29) is 53.8 Å². The molecule has 0 aliphatic heterocycles. The molecule has 0 saturated carbocycles. The molecule has 0 unspecified atom stereocenters. The average molecular weight is 873 g/mol. The number of amides is 2. The zero-order valence-electron chi connectivity index (χ0n) is 41.7. The van der Waals surface area contributed by atoms with E-state index in [9.17, 15) is 19.5 Å². The summed E-state index contributed by atoms with van der Waals surface area (Å²) in [6.07, 6.45) is 34.4. The summed E-state index contributed by atoms with van der Waals surface area (Å²) in [5, 5.41) is 17.0. The van der Waals surface area contributed by atoms with Crippen LogP contribution in [0.15, 0.2) is 0 Å². The predicted molar refractivity (Wildman–Crippen MR) is 260 cm³/mol. The van der Waals surface area contributed by atoms with E-state index in [1.54, 1.807) is 0 Å². The molecule has 0 fully saturated rings. The molecule has 0 aliphatic carbocycles. The van der Waals surface area contributed by atoms with Crippen LogP contribution >= 0.6 is 0 Å². The SMILES string of the molecule is CCCCCCCCCCCCOc1c(C(=O)O)c(OCCCCCCCCCCCC)c(C(=O)NC(C)(C)C)c(OCCCCCCCCCCCC)c1C(=O)NC(C)(C)C. The minimum atomic E-state index is -1.32. The van der Waals surface area contributed by atoms with Crippen LogP contribution in [0.25, 0.3) is 0 Å². The second kappa shape index (κ2) is 34.4. The van der Waals surface area contributed by atoms with Crippen LogP contribution in [-0.2, 0) is 0 Å². The number of carbonyl (C=O) groups is 3. The topological polar surface area (TPSA) is 123 Å². The number of unbranched alkanes of at least 4 members (excludes halogenated alkanes) is 27. The molecule has 0 heterocycles. The summed E-state index contributed by atoms with van der Waals surface area (Å²) in [5.41, 5.74) is -1.78. The van der Waals surface area contributed by atoms with Crippen LogP contribution in [-0.4, -0.2) is 53.8 Å². The van der Waals surface area contributed by atoms with Gasteiger partial charge in [-0.15, -0.1) is 0 Å². The highest BCUT2D eigenvalue weighted by molar-refractivity contribution is 6.13. The lowest BCUT2D eigenvalue weighted by Crippen LogP contribution is -2.42. The molecule has 0 spiro atoms. The van der Waals surface area contributed by atoms with Crippen molar-refractivity contribution in [3.8, 4) is 17.2 Å². The fraction of sp³-hybridized carbons (Fsp3) is 0.830. The van der Waals surface area contributed by atoms with Gasteiger partial charge in [0.25, 0.3) is 11.8 Å². The van der Waals surface area contributed by atoms with Crippen LogP contribution in [0.4, 0.5) is 0 Å². The molecule has 0 aliphatic rings. The zero-order valence-corrected chi connectivity index (χ0v) is 41.7. The summed E-state index contributed by atoms with van der Waals surface area (Å²) < 4.78 is 19.4. The summed E-state index contributed by atoms with van der Waals surface area (Å²) in [5.74, 6) is -2.61. The van der Waals surface area contributed by atoms with Crippen LogP contribution in [0.1, 0.15) is 286 Å². The maximum Gasteiger partial charge on any atom is 0.343 e. The largest absolute Gasteiger partial charge is 0.492 e. The molecule has 0 radical (unpaired) electrons. The molecule has 1 rings (SSSR count). The molecule has 9 heteroatoms. The van der Waals surface area contributed by atoms with Crippen LogP contribution in [0.3, 0.4) is 0 Å². The van der Waals surface area contributed by atoms with E-state index in [0.717, 1.165) is 64.2 Å². The smallest absolute Gasteiger partial charge is 0.343 e. The molecule has 3 N–H and O–H groups in total. The first-order valence-electron chi connectivity index (χ1n) is 25.7. The monoisotopic (exact) mass is 873 g/mol. The predicted octanol–water partition coefficient (Wildman–Crippen LogP) is 15.3. The Bertz CT molecular complexity index is 1270. The number of hydrogen-bond donors (Lipinski definition) is 3. The second-order valence-corrected chi connectivity index (χ2v) is 19.9. The molecular weight excluding hydrogens is 777 g/mol. The van der Waals surface area contributed by atoms with Crippen LogP contribution in [0.5, 0.6) is 17.2 Å². The minimum Gasteiger partial charge on any atom is -0.492 e. The summed E-state index contributed by atoms with van der Waals surface area (Å²) >= 11 is 0. The van der Waals surface area contributed by atoms with E-state index >= 15 is 0 Å². The van der Waals surface area contributed by atoms with Crippen molar-refractivity contribution in [3.63, 3.8) is 0 Å². The summed E-state index contributed by atoms with van der Waals surface area (Å²) in [6.45, 7) is 18.6. The molecule has 0 bridgehead atoms. The third-order valence-corrected chi connectivity index (χ3v) is 11.2. The number of rotatable bonds is 39. The van der Waals surface area contributed by atoms with Crippen molar-refractivity contribution in [2.24, 2.45) is 0 Å². The van der Waals surface area contributed by atoms with E-state index < -0.39 is 28.9 Å². The quantitative estimate of drug-likeness (QED) is 0.0563. The van der Waals surface area contributed by atoms with E-state index in [2.05, 4.69) is 31.4 Å². The third kappa shape index (κ3) is 26.6. The number of aromatic carboxylic acids is 1. The van der Waals surface area contributed by atoms with Gasteiger partial charge in [0.05, 0.1) is 19.8 Å². The second-order valence-electron chi connectivity index (χ2n) is 19.9. The Labute approximate surface area is 380 Å². The molecule has 2 amide bonds. The fourth-order valence-electron chi connectivity index (χ4n) is 7.82.